The van der Waals surface area contributed by atoms with Gasteiger partial charge in [-0.25, -0.2) is 0 Å². The predicted octanol–water partition coefficient (Wildman–Crippen LogP) is 1.61. The van der Waals surface area contributed by atoms with Gasteiger partial charge in [0.05, 0.1) is 18.3 Å². The summed E-state index contributed by atoms with van der Waals surface area (Å²) in [7, 11) is 0. The average molecular weight is 298 g/mol. The minimum atomic E-state index is -0.406. The molecule has 1 spiro atoms. The molecular formula is C16H30N2O3. The van der Waals surface area contributed by atoms with Crippen molar-refractivity contribution in [2.75, 3.05) is 19.7 Å². The van der Waals surface area contributed by atoms with Crippen LogP contribution in [0.4, 0.5) is 0 Å². The van der Waals surface area contributed by atoms with E-state index in [1.165, 1.54) is 0 Å². The van der Waals surface area contributed by atoms with Gasteiger partial charge in [0.25, 0.3) is 0 Å². The Labute approximate surface area is 128 Å². The van der Waals surface area contributed by atoms with Crippen LogP contribution in [-0.2, 0) is 14.3 Å². The van der Waals surface area contributed by atoms with Gasteiger partial charge in [-0.15, -0.1) is 0 Å². The lowest BCUT2D eigenvalue weighted by atomic mass is 9.89. The summed E-state index contributed by atoms with van der Waals surface area (Å²) in [5.41, 5.74) is -0.0124. The third kappa shape index (κ3) is 4.41. The van der Waals surface area contributed by atoms with Gasteiger partial charge in [0.15, 0.2) is 0 Å². The van der Waals surface area contributed by atoms with E-state index in [1.54, 1.807) is 0 Å². The van der Waals surface area contributed by atoms with E-state index in [-0.39, 0.29) is 23.7 Å². The van der Waals surface area contributed by atoms with E-state index in [4.69, 9.17) is 9.47 Å². The molecule has 2 unspecified atom stereocenters. The van der Waals surface area contributed by atoms with E-state index < -0.39 is 6.10 Å². The number of carbonyl (C=O) groups excluding carboxylic acids is 1. The van der Waals surface area contributed by atoms with Crippen molar-refractivity contribution < 1.29 is 14.3 Å². The summed E-state index contributed by atoms with van der Waals surface area (Å²) < 4.78 is 11.9. The monoisotopic (exact) mass is 298 g/mol. The van der Waals surface area contributed by atoms with Gasteiger partial charge in [0.2, 0.25) is 5.91 Å². The first-order chi connectivity index (χ1) is 10.1. The Balaban J connectivity index is 1.78. The molecule has 0 aromatic rings. The zero-order valence-electron chi connectivity index (χ0n) is 13.6. The molecule has 0 radical (unpaired) electrons. The van der Waals surface area contributed by atoms with Gasteiger partial charge in [0.1, 0.15) is 6.10 Å². The van der Waals surface area contributed by atoms with Gasteiger partial charge in [-0.3, -0.25) is 4.79 Å². The lowest BCUT2D eigenvalue weighted by Gasteiger charge is -2.32. The van der Waals surface area contributed by atoms with Gasteiger partial charge in [-0.05, 0) is 45.7 Å². The highest BCUT2D eigenvalue weighted by Crippen LogP contribution is 2.35. The zero-order chi connectivity index (χ0) is 15.3. The summed E-state index contributed by atoms with van der Waals surface area (Å²) in [5, 5.41) is 6.41. The van der Waals surface area contributed by atoms with Gasteiger partial charge in [-0.2, -0.15) is 0 Å². The smallest absolute Gasteiger partial charge is 0.249 e. The van der Waals surface area contributed by atoms with Crippen LogP contribution in [0.2, 0.25) is 0 Å². The molecule has 2 fully saturated rings. The van der Waals surface area contributed by atoms with Gasteiger partial charge >= 0.3 is 0 Å². The summed E-state index contributed by atoms with van der Waals surface area (Å²) in [6.07, 6.45) is 4.55. The second-order valence-electron chi connectivity index (χ2n) is 6.37. The Hall–Kier alpha value is -0.650. The van der Waals surface area contributed by atoms with Crippen molar-refractivity contribution in [1.82, 2.24) is 10.6 Å². The van der Waals surface area contributed by atoms with Crippen molar-refractivity contribution >= 4 is 5.91 Å². The van der Waals surface area contributed by atoms with Crippen molar-refractivity contribution in [3.05, 3.63) is 0 Å². The number of rotatable bonds is 6. The van der Waals surface area contributed by atoms with E-state index in [0.717, 1.165) is 45.2 Å². The van der Waals surface area contributed by atoms with Crippen molar-refractivity contribution in [1.29, 1.82) is 0 Å². The quantitative estimate of drug-likeness (QED) is 0.782. The lowest BCUT2D eigenvalue weighted by Crippen LogP contribution is -2.43. The Morgan fingerprint density at radius 2 is 2.05 bits per heavy atom. The first kappa shape index (κ1) is 16.7. The van der Waals surface area contributed by atoms with E-state index in [9.17, 15) is 4.79 Å². The highest BCUT2D eigenvalue weighted by molar-refractivity contribution is 5.80. The van der Waals surface area contributed by atoms with Gasteiger partial charge in [-0.1, -0.05) is 13.8 Å². The molecule has 0 aromatic heterocycles. The summed E-state index contributed by atoms with van der Waals surface area (Å²) in [5.74, 6) is -0.00467. The fraction of sp³-hybridized carbons (Fsp3) is 0.938. The van der Waals surface area contributed by atoms with Crippen LogP contribution in [0.5, 0.6) is 0 Å². The number of amides is 1. The largest absolute Gasteiger partial charge is 0.372 e. The molecule has 1 amide bonds. The second-order valence-corrected chi connectivity index (χ2v) is 6.37. The molecule has 2 saturated heterocycles. The van der Waals surface area contributed by atoms with E-state index in [1.807, 2.05) is 6.92 Å². The SMILES string of the molecule is CCC(CC)NC(=O)C(C)OC1COC2(CCNCC2)C1. The standard InChI is InChI=1S/C16H30N2O3/c1-4-13(5-2)18-15(19)12(3)21-14-10-16(20-11-14)6-8-17-9-7-16/h12-14,17H,4-11H2,1-3H3,(H,18,19). The van der Waals surface area contributed by atoms with Gasteiger partial charge in [0, 0.05) is 12.5 Å². The maximum Gasteiger partial charge on any atom is 0.249 e. The molecule has 0 saturated carbocycles. The Bertz CT molecular complexity index is 338. The van der Waals surface area contributed by atoms with Crippen molar-refractivity contribution in [2.24, 2.45) is 0 Å². The molecule has 122 valence electrons. The maximum atomic E-state index is 12.1. The minimum Gasteiger partial charge on any atom is -0.372 e. The first-order valence-electron chi connectivity index (χ1n) is 8.39. The molecule has 0 bridgehead atoms. The van der Waals surface area contributed by atoms with Crippen LogP contribution in [0.3, 0.4) is 0 Å². The number of hydrogen-bond acceptors (Lipinski definition) is 4. The third-order valence-corrected chi connectivity index (χ3v) is 4.79. The molecule has 5 heteroatoms. The van der Waals surface area contributed by atoms with Crippen LogP contribution in [0.25, 0.3) is 0 Å². The Morgan fingerprint density at radius 1 is 1.38 bits per heavy atom. The highest BCUT2D eigenvalue weighted by atomic mass is 16.6. The third-order valence-electron chi connectivity index (χ3n) is 4.79. The van der Waals surface area contributed by atoms with Crippen LogP contribution < -0.4 is 10.6 Å². The van der Waals surface area contributed by atoms with Crippen molar-refractivity contribution in [3.8, 4) is 0 Å². The van der Waals surface area contributed by atoms with Crippen LogP contribution in [-0.4, -0.2) is 49.5 Å². The van der Waals surface area contributed by atoms with Crippen LogP contribution in [0.15, 0.2) is 0 Å². The van der Waals surface area contributed by atoms with E-state index in [0.29, 0.717) is 6.61 Å². The Morgan fingerprint density at radius 3 is 2.67 bits per heavy atom. The molecule has 2 heterocycles. The lowest BCUT2D eigenvalue weighted by molar-refractivity contribution is -0.136. The molecule has 2 N–H and O–H groups in total. The first-order valence-corrected chi connectivity index (χ1v) is 8.39. The molecule has 0 aromatic carbocycles. The number of hydrogen-bond donors (Lipinski definition) is 2. The summed E-state index contributed by atoms with van der Waals surface area (Å²) >= 11 is 0. The van der Waals surface area contributed by atoms with Gasteiger partial charge < -0.3 is 20.1 Å². The fourth-order valence-electron chi connectivity index (χ4n) is 3.28. The maximum absolute atomic E-state index is 12.1. The zero-order valence-corrected chi connectivity index (χ0v) is 13.6. The normalized spacial score (nSPS) is 26.2. The van der Waals surface area contributed by atoms with Crippen molar-refractivity contribution in [3.63, 3.8) is 0 Å². The number of nitrogens with one attached hydrogen (secondary N) is 2. The molecule has 2 aliphatic heterocycles. The number of ether oxygens (including phenoxy) is 2. The topological polar surface area (TPSA) is 59.6 Å². The van der Waals surface area contributed by atoms with Crippen LogP contribution in [0.1, 0.15) is 52.9 Å². The summed E-state index contributed by atoms with van der Waals surface area (Å²) in [6, 6.07) is 0.249. The Kier molecular flexibility index (Phi) is 6.02. The highest BCUT2D eigenvalue weighted by Gasteiger charge is 2.42. The number of piperidine rings is 1. The minimum absolute atomic E-state index is 0.00467. The van der Waals surface area contributed by atoms with E-state index >= 15 is 0 Å². The molecule has 0 aliphatic carbocycles. The van der Waals surface area contributed by atoms with Crippen molar-refractivity contribution in [2.45, 2.75) is 76.7 Å². The molecule has 21 heavy (non-hydrogen) atoms. The van der Waals surface area contributed by atoms with Crippen LogP contribution >= 0.6 is 0 Å². The summed E-state index contributed by atoms with van der Waals surface area (Å²) in [4.78, 5) is 12.1. The molecular weight excluding hydrogens is 268 g/mol. The molecule has 2 atom stereocenters. The van der Waals surface area contributed by atoms with Crippen LogP contribution in [0, 0.1) is 0 Å². The predicted molar refractivity (Wildman–Crippen MR) is 82.3 cm³/mol. The second kappa shape index (κ2) is 7.56. The van der Waals surface area contributed by atoms with E-state index in [2.05, 4.69) is 24.5 Å². The molecule has 5 nitrogen and oxygen atoms in total. The molecule has 2 rings (SSSR count). The number of carbonyl (C=O) groups is 1. The fourth-order valence-corrected chi connectivity index (χ4v) is 3.28. The average Bonchev–Trinajstić information content (AvgIpc) is 2.87. The summed E-state index contributed by atoms with van der Waals surface area (Å²) in [6.45, 7) is 8.65. The molecule has 2 aliphatic rings.